The first-order valence-corrected chi connectivity index (χ1v) is 10.2. The fourth-order valence-electron chi connectivity index (χ4n) is 3.24. The molecule has 1 heterocycles. The summed E-state index contributed by atoms with van der Waals surface area (Å²) >= 11 is 0. The minimum absolute atomic E-state index is 0.153. The highest BCUT2D eigenvalue weighted by Crippen LogP contribution is 2.28. The summed E-state index contributed by atoms with van der Waals surface area (Å²) < 4.78 is 10.5. The Labute approximate surface area is 176 Å². The molecule has 7 nitrogen and oxygen atoms in total. The second kappa shape index (κ2) is 11.1. The van der Waals surface area contributed by atoms with E-state index in [-0.39, 0.29) is 25.5 Å². The molecule has 0 saturated carbocycles. The Bertz CT molecular complexity index is 877. The summed E-state index contributed by atoms with van der Waals surface area (Å²) in [6.07, 6.45) is 2.28. The number of nitrogens with zero attached hydrogens (tertiary/aromatic N) is 2. The van der Waals surface area contributed by atoms with Gasteiger partial charge in [-0.3, -0.25) is 10.2 Å². The van der Waals surface area contributed by atoms with Gasteiger partial charge in [0.15, 0.2) is 0 Å². The number of nitrogens with one attached hydrogen (secondary N) is 1. The van der Waals surface area contributed by atoms with E-state index in [4.69, 9.17) is 9.47 Å². The number of ketones is 1. The monoisotopic (exact) mass is 409 g/mol. The summed E-state index contributed by atoms with van der Waals surface area (Å²) in [5, 5.41) is 4.11. The fourth-order valence-corrected chi connectivity index (χ4v) is 3.24. The van der Waals surface area contributed by atoms with Crippen molar-refractivity contribution in [1.82, 2.24) is 0 Å². The molecule has 0 unspecified atom stereocenters. The lowest BCUT2D eigenvalue weighted by Crippen LogP contribution is -2.30. The van der Waals surface area contributed by atoms with Crippen molar-refractivity contribution in [3.8, 4) is 0 Å². The third kappa shape index (κ3) is 5.90. The van der Waals surface area contributed by atoms with Gasteiger partial charge in [-0.1, -0.05) is 42.5 Å². The maximum atomic E-state index is 12.6. The normalized spacial score (nSPS) is 13.9. The van der Waals surface area contributed by atoms with Crippen LogP contribution in [-0.2, 0) is 25.7 Å². The van der Waals surface area contributed by atoms with Crippen LogP contribution in [0.4, 0.5) is 11.4 Å². The van der Waals surface area contributed by atoms with E-state index in [0.717, 1.165) is 42.9 Å². The minimum Gasteiger partial charge on any atom is -0.461 e. The first-order valence-electron chi connectivity index (χ1n) is 10.2. The summed E-state index contributed by atoms with van der Waals surface area (Å²) in [6, 6.07) is 17.2. The molecular weight excluding hydrogens is 382 g/mol. The van der Waals surface area contributed by atoms with E-state index in [1.54, 1.807) is 6.92 Å². The molecule has 2 aromatic rings. The topological polar surface area (TPSA) is 80.2 Å². The zero-order chi connectivity index (χ0) is 21.2. The highest BCUT2D eigenvalue weighted by molar-refractivity contribution is 6.64. The summed E-state index contributed by atoms with van der Waals surface area (Å²) in [4.78, 5) is 27.2. The van der Waals surface area contributed by atoms with Crippen LogP contribution < -0.4 is 10.3 Å². The smallest absolute Gasteiger partial charge is 0.362 e. The predicted octanol–water partition coefficient (Wildman–Crippen LogP) is 3.40. The highest BCUT2D eigenvalue weighted by Gasteiger charge is 2.23. The van der Waals surface area contributed by atoms with Crippen LogP contribution in [0.2, 0.25) is 0 Å². The number of esters is 1. The first kappa shape index (κ1) is 21.5. The maximum Gasteiger partial charge on any atom is 0.362 e. The third-order valence-corrected chi connectivity index (χ3v) is 4.72. The van der Waals surface area contributed by atoms with Gasteiger partial charge in [0.2, 0.25) is 11.5 Å². The number of carbonyl (C=O) groups excluding carboxylic acids is 2. The second-order valence-electron chi connectivity index (χ2n) is 6.91. The Morgan fingerprint density at radius 1 is 1.03 bits per heavy atom. The van der Waals surface area contributed by atoms with E-state index in [2.05, 4.69) is 15.4 Å². The van der Waals surface area contributed by atoms with Crippen LogP contribution in [-0.4, -0.2) is 43.8 Å². The zero-order valence-corrected chi connectivity index (χ0v) is 17.2. The Kier molecular flexibility index (Phi) is 7.97. The number of para-hydroxylation sites is 2. The van der Waals surface area contributed by atoms with E-state index >= 15 is 0 Å². The molecule has 0 amide bonds. The second-order valence-corrected chi connectivity index (χ2v) is 6.91. The average Bonchev–Trinajstić information content (AvgIpc) is 3.30. The summed E-state index contributed by atoms with van der Waals surface area (Å²) in [7, 11) is 0. The molecule has 0 bridgehead atoms. The maximum absolute atomic E-state index is 12.6. The van der Waals surface area contributed by atoms with Crippen LogP contribution in [0.25, 0.3) is 0 Å². The predicted molar refractivity (Wildman–Crippen MR) is 117 cm³/mol. The summed E-state index contributed by atoms with van der Waals surface area (Å²) in [5.41, 5.74) is 5.26. The van der Waals surface area contributed by atoms with Crippen LogP contribution >= 0.6 is 0 Å². The standard InChI is InChI=1S/C23H27N3O4/c1-2-30-23(28)22(21(27)17-29-16-18-10-4-3-5-11-18)25-24-19-12-6-7-13-20(19)26-14-8-9-15-26/h3-7,10-13,24H,2,8-9,14-17H2,1H3/b25-22+. The molecule has 1 saturated heterocycles. The molecule has 0 spiro atoms. The van der Waals surface area contributed by atoms with Gasteiger partial charge in [0.25, 0.3) is 0 Å². The van der Waals surface area contributed by atoms with E-state index in [9.17, 15) is 9.59 Å². The Hall–Kier alpha value is -3.19. The number of hydrogen-bond acceptors (Lipinski definition) is 7. The summed E-state index contributed by atoms with van der Waals surface area (Å²) in [6.45, 7) is 3.79. The fraction of sp³-hybridized carbons (Fsp3) is 0.348. The molecule has 3 rings (SSSR count). The van der Waals surface area contributed by atoms with Crippen molar-refractivity contribution in [2.45, 2.75) is 26.4 Å². The number of hydrazone groups is 1. The molecular formula is C23H27N3O4. The lowest BCUT2D eigenvalue weighted by atomic mass is 10.2. The molecule has 1 N–H and O–H groups in total. The Balaban J connectivity index is 1.69. The van der Waals surface area contributed by atoms with Crippen molar-refractivity contribution in [1.29, 1.82) is 0 Å². The van der Waals surface area contributed by atoms with Crippen molar-refractivity contribution in [3.05, 3.63) is 60.2 Å². The lowest BCUT2D eigenvalue weighted by Gasteiger charge is -2.20. The molecule has 1 aliphatic heterocycles. The van der Waals surface area contributed by atoms with Crippen LogP contribution in [0.15, 0.2) is 59.7 Å². The molecule has 158 valence electrons. The molecule has 0 radical (unpaired) electrons. The number of Topliss-reactive ketones (excluding diaryl/α,β-unsaturated/α-hetero) is 1. The van der Waals surface area contributed by atoms with Gasteiger partial charge in [-0.25, -0.2) is 4.79 Å². The van der Waals surface area contributed by atoms with Crippen molar-refractivity contribution < 1.29 is 19.1 Å². The minimum atomic E-state index is -0.767. The van der Waals surface area contributed by atoms with Gasteiger partial charge in [0.05, 0.1) is 24.6 Å². The lowest BCUT2D eigenvalue weighted by molar-refractivity contribution is -0.136. The number of benzene rings is 2. The molecule has 0 aromatic heterocycles. The number of hydrogen-bond donors (Lipinski definition) is 1. The van der Waals surface area contributed by atoms with Crippen LogP contribution in [0.3, 0.4) is 0 Å². The molecule has 2 aromatic carbocycles. The van der Waals surface area contributed by atoms with Crippen molar-refractivity contribution in [3.63, 3.8) is 0 Å². The van der Waals surface area contributed by atoms with Gasteiger partial charge in [0.1, 0.15) is 6.61 Å². The largest absolute Gasteiger partial charge is 0.461 e. The number of ether oxygens (including phenoxy) is 2. The number of rotatable bonds is 10. The van der Waals surface area contributed by atoms with Gasteiger partial charge < -0.3 is 14.4 Å². The number of carbonyl (C=O) groups is 2. The van der Waals surface area contributed by atoms with Crippen LogP contribution in [0, 0.1) is 0 Å². The summed E-state index contributed by atoms with van der Waals surface area (Å²) in [5.74, 6) is -1.30. The molecule has 7 heteroatoms. The molecule has 30 heavy (non-hydrogen) atoms. The Morgan fingerprint density at radius 2 is 1.73 bits per heavy atom. The van der Waals surface area contributed by atoms with Crippen LogP contribution in [0.1, 0.15) is 25.3 Å². The third-order valence-electron chi connectivity index (χ3n) is 4.72. The first-order chi connectivity index (χ1) is 14.7. The zero-order valence-electron chi connectivity index (χ0n) is 17.2. The van der Waals surface area contributed by atoms with Gasteiger partial charge >= 0.3 is 5.97 Å². The Morgan fingerprint density at radius 3 is 2.47 bits per heavy atom. The van der Waals surface area contributed by atoms with Crippen molar-refractivity contribution >= 4 is 28.8 Å². The van der Waals surface area contributed by atoms with E-state index in [1.807, 2.05) is 54.6 Å². The molecule has 1 aliphatic rings. The number of anilines is 2. The quantitative estimate of drug-likeness (QED) is 0.280. The van der Waals surface area contributed by atoms with E-state index in [0.29, 0.717) is 0 Å². The SMILES string of the molecule is CCOC(=O)/C(=N/Nc1ccccc1N1CCCC1)C(=O)COCc1ccccc1. The van der Waals surface area contributed by atoms with Crippen LogP contribution in [0.5, 0.6) is 0 Å². The van der Waals surface area contributed by atoms with Crippen molar-refractivity contribution in [2.75, 3.05) is 36.6 Å². The molecule has 1 fully saturated rings. The van der Waals surface area contributed by atoms with E-state index < -0.39 is 11.8 Å². The van der Waals surface area contributed by atoms with Gasteiger partial charge in [-0.15, -0.1) is 0 Å². The van der Waals surface area contributed by atoms with Crippen molar-refractivity contribution in [2.24, 2.45) is 5.10 Å². The molecule has 0 atom stereocenters. The molecule has 0 aliphatic carbocycles. The van der Waals surface area contributed by atoms with Gasteiger partial charge in [-0.2, -0.15) is 5.10 Å². The van der Waals surface area contributed by atoms with Gasteiger partial charge in [0, 0.05) is 13.1 Å². The highest BCUT2D eigenvalue weighted by atomic mass is 16.5. The van der Waals surface area contributed by atoms with E-state index in [1.165, 1.54) is 0 Å². The average molecular weight is 409 g/mol. The van der Waals surface area contributed by atoms with Gasteiger partial charge in [-0.05, 0) is 37.5 Å².